The van der Waals surface area contributed by atoms with E-state index in [0.717, 1.165) is 5.69 Å². The number of rotatable bonds is 9. The van der Waals surface area contributed by atoms with Crippen LogP contribution in [0.3, 0.4) is 0 Å². The molecule has 0 aliphatic carbocycles. The number of Topliss-reactive ketones (excluding diaryl/α,β-unsaturated/α-hetero) is 1. The Balaban J connectivity index is 0.00000289. The summed E-state index contributed by atoms with van der Waals surface area (Å²) < 4.78 is 0. The molecule has 0 aliphatic heterocycles. The number of fused-ring (bicyclic) bond motifs is 1. The molecule has 34 heavy (non-hydrogen) atoms. The monoisotopic (exact) mass is 635 g/mol. The Bertz CT molecular complexity index is 1210. The van der Waals surface area contributed by atoms with Crippen molar-refractivity contribution in [2.45, 2.75) is 25.9 Å². The minimum absolute atomic E-state index is 0. The first-order valence-corrected chi connectivity index (χ1v) is 9.73. The summed E-state index contributed by atoms with van der Waals surface area (Å²) in [6, 6.07) is 5.71. The van der Waals surface area contributed by atoms with Gasteiger partial charge in [-0.1, -0.05) is 6.04 Å². The number of nitrogens with zero attached hydrogens (tertiary/aromatic N) is 4. The molecule has 0 radical (unpaired) electrons. The zero-order valence-corrected chi connectivity index (χ0v) is 22.1. The van der Waals surface area contributed by atoms with Crippen molar-refractivity contribution in [3.05, 3.63) is 59.5 Å². The van der Waals surface area contributed by atoms with Crippen molar-refractivity contribution in [2.24, 2.45) is 0 Å². The average Bonchev–Trinajstić information content (AvgIpc) is 2.78. The largest absolute Gasteiger partial charge is 2.00 e. The second kappa shape index (κ2) is 12.7. The molecule has 1 amide bonds. The van der Waals surface area contributed by atoms with Gasteiger partial charge < -0.3 is 32.5 Å². The second-order valence-corrected chi connectivity index (χ2v) is 7.15. The fraction of sp³-hybridized carbons (Fsp3) is 0.273. The Kier molecular flexibility index (Phi) is 10.7. The number of hydrogen-bond acceptors (Lipinski definition) is 9. The molecule has 3 N–H and O–H groups in total. The van der Waals surface area contributed by atoms with Crippen molar-refractivity contribution in [1.82, 2.24) is 25.3 Å². The van der Waals surface area contributed by atoms with Crippen molar-refractivity contribution in [2.75, 3.05) is 24.3 Å². The molecule has 2 heterocycles. The maximum atomic E-state index is 12.3. The van der Waals surface area contributed by atoms with Crippen LogP contribution in [-0.2, 0) is 37.2 Å². The van der Waals surface area contributed by atoms with Crippen LogP contribution in [0.25, 0.3) is 11.2 Å². The van der Waals surface area contributed by atoms with Crippen LogP contribution in [0, 0.1) is 7.43 Å². The summed E-state index contributed by atoms with van der Waals surface area (Å²) in [5.41, 5.74) is 1.71. The maximum Gasteiger partial charge on any atom is 2.00 e. The van der Waals surface area contributed by atoms with Crippen LogP contribution in [0.5, 0.6) is 0 Å². The molecule has 0 bridgehead atoms. The summed E-state index contributed by atoms with van der Waals surface area (Å²) in [6.45, 7) is 1.70. The normalized spacial score (nSPS) is 10.9. The van der Waals surface area contributed by atoms with Crippen LogP contribution in [0.1, 0.15) is 29.4 Å². The molecule has 11 nitrogen and oxygen atoms in total. The van der Waals surface area contributed by atoms with Gasteiger partial charge in [0.2, 0.25) is 11.9 Å². The van der Waals surface area contributed by atoms with E-state index in [-0.39, 0.29) is 57.4 Å². The number of benzene rings is 1. The molecule has 1 unspecified atom stereocenters. The molecule has 12 heteroatoms. The molecule has 0 saturated carbocycles. The third-order valence-corrected chi connectivity index (χ3v) is 4.61. The number of amides is 1. The summed E-state index contributed by atoms with van der Waals surface area (Å²) in [5, 5.41) is 5.23. The van der Waals surface area contributed by atoms with Crippen molar-refractivity contribution >= 4 is 40.8 Å². The summed E-state index contributed by atoms with van der Waals surface area (Å²) in [6.07, 6.45) is 3.11. The molecule has 1 atom stereocenters. The predicted octanol–water partition coefficient (Wildman–Crippen LogP) is 1.03. The SMILES string of the molecule is CNc1nc2ncc(CN(C)c3ccc(C(=O)NC([C-]=O)CC(C)=O)cc3)nc2c(=O)[nH]1.[CH3-].[W+2]. The van der Waals surface area contributed by atoms with Crippen LogP contribution in [0.2, 0.25) is 0 Å². The maximum absolute atomic E-state index is 12.3. The van der Waals surface area contributed by atoms with E-state index in [1.54, 1.807) is 43.8 Å². The first-order valence-electron chi connectivity index (χ1n) is 9.73. The third kappa shape index (κ3) is 7.02. The van der Waals surface area contributed by atoms with E-state index in [1.807, 2.05) is 11.9 Å². The number of carbonyl (C=O) groups is 2. The summed E-state index contributed by atoms with van der Waals surface area (Å²) in [5.74, 6) is -0.376. The van der Waals surface area contributed by atoms with Crippen LogP contribution in [-0.4, -0.2) is 58.0 Å². The van der Waals surface area contributed by atoms with Crippen LogP contribution < -0.4 is 21.1 Å². The van der Waals surface area contributed by atoms with Gasteiger partial charge in [-0.3, -0.25) is 14.6 Å². The first-order chi connectivity index (χ1) is 15.3. The molecule has 3 rings (SSSR count). The number of anilines is 2. The van der Waals surface area contributed by atoms with E-state index in [9.17, 15) is 19.2 Å². The predicted molar refractivity (Wildman–Crippen MR) is 125 cm³/mol. The van der Waals surface area contributed by atoms with E-state index in [1.165, 1.54) is 6.92 Å². The number of hydrogen-bond donors (Lipinski definition) is 3. The van der Waals surface area contributed by atoms with Crippen molar-refractivity contribution in [3.63, 3.8) is 0 Å². The van der Waals surface area contributed by atoms with E-state index in [2.05, 4.69) is 30.6 Å². The summed E-state index contributed by atoms with van der Waals surface area (Å²) in [7, 11) is 3.47. The number of nitrogens with one attached hydrogen (secondary N) is 3. The zero-order chi connectivity index (χ0) is 23.3. The molecule has 1 aromatic carbocycles. The number of aromatic nitrogens is 4. The van der Waals surface area contributed by atoms with Gasteiger partial charge in [-0.05, 0) is 31.2 Å². The zero-order valence-electron chi connectivity index (χ0n) is 19.2. The first kappa shape index (κ1) is 28.6. The van der Waals surface area contributed by atoms with E-state index < -0.39 is 11.9 Å². The molecular formula is C22H25N7O4W. The van der Waals surface area contributed by atoms with Gasteiger partial charge in [0, 0.05) is 31.8 Å². The van der Waals surface area contributed by atoms with Gasteiger partial charge in [-0.25, -0.2) is 16.3 Å². The Morgan fingerprint density at radius 2 is 1.88 bits per heavy atom. The van der Waals surface area contributed by atoms with Crippen LogP contribution in [0.15, 0.2) is 35.3 Å². The minimum atomic E-state index is -0.976. The molecular weight excluding hydrogens is 610 g/mol. The Morgan fingerprint density at radius 1 is 1.21 bits per heavy atom. The average molecular weight is 635 g/mol. The molecule has 178 valence electrons. The smallest absolute Gasteiger partial charge is 0.540 e. The standard InChI is InChI=1S/C21H22N7O4.CH3.W/c1-12(30)8-14(11-29)25-19(31)13-4-6-16(7-5-13)28(3)10-15-9-23-18-17(24-15)20(32)27-21(22-2)26-18;;/h4-7,9,14H,8,10H2,1-3H3,(H,25,31)(H2,22,23,26,27,32);1H3;/q2*-1;+2. The second-order valence-electron chi connectivity index (χ2n) is 7.15. The van der Waals surface area contributed by atoms with Gasteiger partial charge >= 0.3 is 21.1 Å². The van der Waals surface area contributed by atoms with E-state index >= 15 is 0 Å². The van der Waals surface area contributed by atoms with Crippen LogP contribution in [0.4, 0.5) is 11.6 Å². The summed E-state index contributed by atoms with van der Waals surface area (Å²) >= 11 is 0. The fourth-order valence-electron chi connectivity index (χ4n) is 3.00. The van der Waals surface area contributed by atoms with Gasteiger partial charge in [-0.15, -0.1) is 0 Å². The van der Waals surface area contributed by atoms with Crippen molar-refractivity contribution < 1.29 is 35.4 Å². The van der Waals surface area contributed by atoms with Crippen molar-refractivity contribution in [1.29, 1.82) is 0 Å². The molecule has 3 aromatic rings. The molecule has 0 fully saturated rings. The quantitative estimate of drug-likeness (QED) is 0.293. The minimum Gasteiger partial charge on any atom is -0.540 e. The number of aromatic amines is 1. The van der Waals surface area contributed by atoms with Gasteiger partial charge in [0.05, 0.1) is 18.4 Å². The number of ketones is 1. The number of H-pyrrole nitrogens is 1. The topological polar surface area (TPSA) is 150 Å². The Morgan fingerprint density at radius 3 is 2.47 bits per heavy atom. The van der Waals surface area contributed by atoms with Gasteiger partial charge in [0.15, 0.2) is 11.2 Å². The van der Waals surface area contributed by atoms with Crippen LogP contribution >= 0.6 is 0 Å². The van der Waals surface area contributed by atoms with E-state index in [4.69, 9.17) is 0 Å². The van der Waals surface area contributed by atoms with E-state index in [0.29, 0.717) is 23.8 Å². The number of carbonyl (C=O) groups excluding carboxylic acids is 3. The van der Waals surface area contributed by atoms with Gasteiger partial charge in [-0.2, -0.15) is 4.98 Å². The molecule has 0 aliphatic rings. The van der Waals surface area contributed by atoms with Gasteiger partial charge in [0.1, 0.15) is 5.78 Å². The Hall–Kier alpha value is -3.46. The molecule has 0 saturated heterocycles. The fourth-order valence-corrected chi connectivity index (χ4v) is 3.00. The third-order valence-electron chi connectivity index (χ3n) is 4.61. The molecule has 0 spiro atoms. The summed E-state index contributed by atoms with van der Waals surface area (Å²) in [4.78, 5) is 63.8. The van der Waals surface area contributed by atoms with Gasteiger partial charge in [0.25, 0.3) is 5.56 Å². The molecule has 2 aromatic heterocycles. The Labute approximate surface area is 211 Å². The van der Waals surface area contributed by atoms with Crippen molar-refractivity contribution in [3.8, 4) is 0 Å².